The lowest BCUT2D eigenvalue weighted by atomic mass is 9.96. The van der Waals surface area contributed by atoms with Crippen LogP contribution in [0.2, 0.25) is 0 Å². The lowest BCUT2D eigenvalue weighted by Gasteiger charge is -2.44. The zero-order valence-electron chi connectivity index (χ0n) is 13.9. The van der Waals surface area contributed by atoms with Crippen molar-refractivity contribution in [3.63, 3.8) is 0 Å². The van der Waals surface area contributed by atoms with Crippen molar-refractivity contribution in [3.05, 3.63) is 72.3 Å². The van der Waals surface area contributed by atoms with E-state index in [1.165, 1.54) is 12.0 Å². The zero-order valence-corrected chi connectivity index (χ0v) is 13.9. The monoisotopic (exact) mass is 337 g/mol. The Balaban J connectivity index is 1.77. The molecule has 2 atom stereocenters. The van der Waals surface area contributed by atoms with Gasteiger partial charge in [-0.3, -0.25) is 9.59 Å². The predicted octanol–water partition coefficient (Wildman–Crippen LogP) is 2.53. The lowest BCUT2D eigenvalue weighted by molar-refractivity contribution is -0.165. The van der Waals surface area contributed by atoms with Gasteiger partial charge in [0.15, 0.2) is 0 Å². The summed E-state index contributed by atoms with van der Waals surface area (Å²) in [7, 11) is 1.30. The van der Waals surface area contributed by atoms with Crippen molar-refractivity contribution in [1.29, 1.82) is 0 Å². The third-order valence-corrected chi connectivity index (χ3v) is 4.02. The minimum atomic E-state index is -0.646. The molecule has 0 aromatic heterocycles. The Kier molecular flexibility index (Phi) is 5.14. The number of benzene rings is 2. The number of hydrogen-bond donors (Lipinski definition) is 0. The van der Waals surface area contributed by atoms with Crippen LogP contribution in [0.1, 0.15) is 5.56 Å². The van der Waals surface area contributed by atoms with E-state index in [2.05, 4.69) is 4.74 Å². The highest BCUT2D eigenvalue weighted by molar-refractivity contribution is 5.92. The third-order valence-electron chi connectivity index (χ3n) is 4.02. The van der Waals surface area contributed by atoms with Crippen molar-refractivity contribution in [3.8, 4) is 5.75 Å². The quantitative estimate of drug-likeness (QED) is 0.600. The van der Waals surface area contributed by atoms with Crippen molar-refractivity contribution in [2.24, 2.45) is 0 Å². The second kappa shape index (κ2) is 7.66. The van der Waals surface area contributed by atoms with Crippen LogP contribution in [0.3, 0.4) is 0 Å². The van der Waals surface area contributed by atoms with E-state index >= 15 is 0 Å². The van der Waals surface area contributed by atoms with Gasteiger partial charge in [-0.2, -0.15) is 0 Å². The molecular weight excluding hydrogens is 318 g/mol. The van der Waals surface area contributed by atoms with E-state index in [1.807, 2.05) is 60.7 Å². The van der Waals surface area contributed by atoms with Gasteiger partial charge in [0.25, 0.3) is 5.91 Å². The first kappa shape index (κ1) is 16.8. The van der Waals surface area contributed by atoms with E-state index in [-0.39, 0.29) is 18.5 Å². The van der Waals surface area contributed by atoms with E-state index in [1.54, 1.807) is 12.1 Å². The van der Waals surface area contributed by atoms with Gasteiger partial charge in [-0.1, -0.05) is 60.7 Å². The summed E-state index contributed by atoms with van der Waals surface area (Å²) >= 11 is 0. The molecule has 2 aromatic carbocycles. The van der Waals surface area contributed by atoms with Gasteiger partial charge in [-0.05, 0) is 17.7 Å². The molecule has 1 aliphatic heterocycles. The molecule has 3 rings (SSSR count). The van der Waals surface area contributed by atoms with E-state index in [9.17, 15) is 9.59 Å². The Morgan fingerprint density at radius 2 is 1.72 bits per heavy atom. The highest BCUT2D eigenvalue weighted by Gasteiger charge is 2.48. The van der Waals surface area contributed by atoms with Crippen LogP contribution in [0.25, 0.3) is 6.08 Å². The summed E-state index contributed by atoms with van der Waals surface area (Å²) in [5, 5.41) is 0. The molecule has 5 nitrogen and oxygen atoms in total. The maximum atomic E-state index is 12.4. The molecule has 0 saturated carbocycles. The van der Waals surface area contributed by atoms with E-state index in [4.69, 9.17) is 4.74 Å². The van der Waals surface area contributed by atoms with E-state index < -0.39 is 12.1 Å². The Hall–Kier alpha value is -3.08. The van der Waals surface area contributed by atoms with Gasteiger partial charge in [0, 0.05) is 0 Å². The number of rotatable bonds is 6. The number of ether oxygens (including phenoxy) is 2. The molecule has 1 amide bonds. The van der Waals surface area contributed by atoms with E-state index in [0.29, 0.717) is 5.75 Å². The SMILES string of the molecule is COC(=O)CN1C(=O)[C@@H](Oc2ccccc2)[C@H]1/C=C/c1ccccc1. The Bertz CT molecular complexity index is 758. The number of para-hydroxylation sites is 1. The molecule has 0 spiro atoms. The third kappa shape index (κ3) is 3.88. The number of nitrogens with zero attached hydrogens (tertiary/aromatic N) is 1. The van der Waals surface area contributed by atoms with Crippen molar-refractivity contribution in [1.82, 2.24) is 4.90 Å². The van der Waals surface area contributed by atoms with Crippen molar-refractivity contribution < 1.29 is 19.1 Å². The first-order valence-corrected chi connectivity index (χ1v) is 8.01. The fourth-order valence-corrected chi connectivity index (χ4v) is 2.67. The van der Waals surface area contributed by atoms with E-state index in [0.717, 1.165) is 5.56 Å². The molecule has 1 aliphatic rings. The van der Waals surface area contributed by atoms with Gasteiger partial charge in [0.1, 0.15) is 12.3 Å². The number of carbonyl (C=O) groups is 2. The smallest absolute Gasteiger partial charge is 0.325 e. The minimum absolute atomic E-state index is 0.0895. The average Bonchev–Trinajstić information content (AvgIpc) is 2.67. The van der Waals surface area contributed by atoms with Crippen molar-refractivity contribution in [2.45, 2.75) is 12.1 Å². The molecule has 128 valence electrons. The summed E-state index contributed by atoms with van der Waals surface area (Å²) in [5.74, 6) is -0.0572. The summed E-state index contributed by atoms with van der Waals surface area (Å²) in [6, 6.07) is 18.6. The molecule has 1 saturated heterocycles. The zero-order chi connectivity index (χ0) is 17.6. The van der Waals surface area contributed by atoms with Gasteiger partial charge < -0.3 is 14.4 Å². The van der Waals surface area contributed by atoms with Gasteiger partial charge in [-0.25, -0.2) is 0 Å². The molecule has 1 heterocycles. The molecule has 5 heteroatoms. The second-order valence-electron chi connectivity index (χ2n) is 5.65. The number of amides is 1. The fourth-order valence-electron chi connectivity index (χ4n) is 2.67. The lowest BCUT2D eigenvalue weighted by Crippen LogP contribution is -2.67. The van der Waals surface area contributed by atoms with Gasteiger partial charge in [-0.15, -0.1) is 0 Å². The average molecular weight is 337 g/mol. The normalized spacial score (nSPS) is 19.6. The van der Waals surface area contributed by atoms with Crippen LogP contribution >= 0.6 is 0 Å². The van der Waals surface area contributed by atoms with Crippen LogP contribution in [0.5, 0.6) is 5.75 Å². The van der Waals surface area contributed by atoms with Crippen molar-refractivity contribution in [2.75, 3.05) is 13.7 Å². The number of methoxy groups -OCH3 is 1. The van der Waals surface area contributed by atoms with Gasteiger partial charge in [0.05, 0.1) is 13.2 Å². The Labute approximate surface area is 146 Å². The molecule has 0 bridgehead atoms. The van der Waals surface area contributed by atoms with Crippen molar-refractivity contribution >= 4 is 18.0 Å². The summed E-state index contributed by atoms with van der Waals surface area (Å²) < 4.78 is 10.5. The first-order chi connectivity index (χ1) is 12.2. The Morgan fingerprint density at radius 3 is 2.36 bits per heavy atom. The summed E-state index contributed by atoms with van der Waals surface area (Å²) in [6.45, 7) is -0.0895. The molecule has 0 aliphatic carbocycles. The molecule has 25 heavy (non-hydrogen) atoms. The maximum absolute atomic E-state index is 12.4. The number of esters is 1. The number of β-lactam (4-membered cyclic amide) rings is 1. The molecule has 1 fully saturated rings. The summed E-state index contributed by atoms with van der Waals surface area (Å²) in [5.41, 5.74) is 1.01. The topological polar surface area (TPSA) is 55.8 Å². The minimum Gasteiger partial charge on any atom is -0.478 e. The van der Waals surface area contributed by atoms with Crippen LogP contribution in [0.4, 0.5) is 0 Å². The molecule has 0 unspecified atom stereocenters. The highest BCUT2D eigenvalue weighted by Crippen LogP contribution is 2.27. The maximum Gasteiger partial charge on any atom is 0.325 e. The molecule has 0 N–H and O–H groups in total. The van der Waals surface area contributed by atoms with Crippen LogP contribution in [0, 0.1) is 0 Å². The number of likely N-dealkylation sites (tertiary alicyclic amines) is 1. The largest absolute Gasteiger partial charge is 0.478 e. The Morgan fingerprint density at radius 1 is 1.08 bits per heavy atom. The van der Waals surface area contributed by atoms with Crippen LogP contribution < -0.4 is 4.74 Å². The molecule has 0 radical (unpaired) electrons. The number of hydrogen-bond acceptors (Lipinski definition) is 4. The summed E-state index contributed by atoms with van der Waals surface area (Å²) in [6.07, 6.45) is 3.16. The highest BCUT2D eigenvalue weighted by atomic mass is 16.5. The first-order valence-electron chi connectivity index (χ1n) is 8.01. The van der Waals surface area contributed by atoms with Crippen LogP contribution in [-0.2, 0) is 14.3 Å². The van der Waals surface area contributed by atoms with Crippen LogP contribution in [-0.4, -0.2) is 42.6 Å². The standard InChI is InChI=1S/C20H19NO4/c1-24-18(22)14-21-17(13-12-15-8-4-2-5-9-15)19(20(21)23)25-16-10-6-3-7-11-16/h2-13,17,19H,14H2,1H3/b13-12+/t17-,19+/m1/s1. The fraction of sp³-hybridized carbons (Fsp3) is 0.200. The summed E-state index contributed by atoms with van der Waals surface area (Å²) in [4.78, 5) is 25.4. The van der Waals surface area contributed by atoms with Crippen LogP contribution in [0.15, 0.2) is 66.7 Å². The molecular formula is C20H19NO4. The molecule has 2 aromatic rings. The number of carbonyl (C=O) groups excluding carboxylic acids is 2. The van der Waals surface area contributed by atoms with Gasteiger partial charge in [0.2, 0.25) is 6.10 Å². The van der Waals surface area contributed by atoms with Gasteiger partial charge >= 0.3 is 5.97 Å². The predicted molar refractivity (Wildman–Crippen MR) is 93.9 cm³/mol. The second-order valence-corrected chi connectivity index (χ2v) is 5.65.